The molecule has 0 saturated carbocycles. The van der Waals surface area contributed by atoms with E-state index in [9.17, 15) is 18.0 Å². The molecule has 15 heavy (non-hydrogen) atoms. The number of hydrogen-bond acceptors (Lipinski definition) is 2. The number of carbonyl (C=O) groups excluding carboxylic acids is 1. The second-order valence-electron chi connectivity index (χ2n) is 3.03. The van der Waals surface area contributed by atoms with E-state index in [0.29, 0.717) is 0 Å². The van der Waals surface area contributed by atoms with E-state index in [-0.39, 0.29) is 16.9 Å². The van der Waals surface area contributed by atoms with E-state index >= 15 is 0 Å². The molecule has 0 atom stereocenters. The topological polar surface area (TPSA) is 26.3 Å². The molecule has 0 bridgehead atoms. The lowest BCUT2D eigenvalue weighted by atomic mass is 10.1. The number of benzene rings is 1. The summed E-state index contributed by atoms with van der Waals surface area (Å²) in [5.74, 6) is -1.44. The van der Waals surface area contributed by atoms with Gasteiger partial charge in [0.2, 0.25) is 0 Å². The van der Waals surface area contributed by atoms with E-state index in [1.807, 2.05) is 0 Å². The standard InChI is InChI=1S/C10H9F3O2/c1-5-3-9(15-10(12)13)7(6(2)14)4-8(5)11/h3-4,10H,1-2H3. The van der Waals surface area contributed by atoms with Gasteiger partial charge in [-0.15, -0.1) is 0 Å². The first-order valence-corrected chi connectivity index (χ1v) is 4.17. The molecule has 0 N–H and O–H groups in total. The van der Waals surface area contributed by atoms with Gasteiger partial charge in [0, 0.05) is 0 Å². The average molecular weight is 218 g/mol. The van der Waals surface area contributed by atoms with Crippen LogP contribution in [0.25, 0.3) is 0 Å². The molecular weight excluding hydrogens is 209 g/mol. The normalized spacial score (nSPS) is 10.5. The van der Waals surface area contributed by atoms with Gasteiger partial charge >= 0.3 is 6.61 Å². The average Bonchev–Trinajstić information content (AvgIpc) is 2.09. The second-order valence-corrected chi connectivity index (χ2v) is 3.03. The van der Waals surface area contributed by atoms with Crippen LogP contribution in [-0.2, 0) is 0 Å². The third-order valence-electron chi connectivity index (χ3n) is 1.86. The van der Waals surface area contributed by atoms with Crippen LogP contribution in [0, 0.1) is 12.7 Å². The van der Waals surface area contributed by atoms with E-state index in [0.717, 1.165) is 19.1 Å². The van der Waals surface area contributed by atoms with Crippen LogP contribution in [0.5, 0.6) is 5.75 Å². The van der Waals surface area contributed by atoms with Gasteiger partial charge in [-0.3, -0.25) is 4.79 Å². The molecular formula is C10H9F3O2. The van der Waals surface area contributed by atoms with E-state index in [1.54, 1.807) is 0 Å². The maximum atomic E-state index is 13.1. The van der Waals surface area contributed by atoms with Gasteiger partial charge in [-0.2, -0.15) is 8.78 Å². The first-order chi connectivity index (χ1) is 6.91. The molecule has 2 nitrogen and oxygen atoms in total. The first kappa shape index (κ1) is 11.6. The van der Waals surface area contributed by atoms with Crippen molar-refractivity contribution in [1.29, 1.82) is 0 Å². The molecule has 1 aromatic rings. The largest absolute Gasteiger partial charge is 0.434 e. The van der Waals surface area contributed by atoms with Crippen molar-refractivity contribution in [2.24, 2.45) is 0 Å². The highest BCUT2D eigenvalue weighted by Crippen LogP contribution is 2.24. The number of halogens is 3. The van der Waals surface area contributed by atoms with Crippen molar-refractivity contribution in [3.05, 3.63) is 29.1 Å². The van der Waals surface area contributed by atoms with Crippen LogP contribution in [0.15, 0.2) is 12.1 Å². The molecule has 0 saturated heterocycles. The van der Waals surface area contributed by atoms with Crippen LogP contribution < -0.4 is 4.74 Å². The minimum Gasteiger partial charge on any atom is -0.434 e. The van der Waals surface area contributed by atoms with Crippen molar-refractivity contribution >= 4 is 5.78 Å². The van der Waals surface area contributed by atoms with Crippen molar-refractivity contribution in [3.63, 3.8) is 0 Å². The number of rotatable bonds is 3. The third-order valence-corrected chi connectivity index (χ3v) is 1.86. The lowest BCUT2D eigenvalue weighted by molar-refractivity contribution is -0.0502. The lowest BCUT2D eigenvalue weighted by Gasteiger charge is -2.10. The zero-order valence-electron chi connectivity index (χ0n) is 8.18. The van der Waals surface area contributed by atoms with E-state index in [2.05, 4.69) is 4.74 Å². The van der Waals surface area contributed by atoms with Crippen LogP contribution in [0.2, 0.25) is 0 Å². The van der Waals surface area contributed by atoms with Crippen molar-refractivity contribution in [2.75, 3.05) is 0 Å². The predicted octanol–water partition coefficient (Wildman–Crippen LogP) is 2.94. The van der Waals surface area contributed by atoms with Gasteiger partial charge in [-0.25, -0.2) is 4.39 Å². The summed E-state index contributed by atoms with van der Waals surface area (Å²) in [4.78, 5) is 11.0. The molecule has 0 fully saturated rings. The Balaban J connectivity index is 3.22. The second kappa shape index (κ2) is 4.33. The van der Waals surface area contributed by atoms with Crippen molar-refractivity contribution in [3.8, 4) is 5.75 Å². The van der Waals surface area contributed by atoms with Crippen LogP contribution in [0.3, 0.4) is 0 Å². The van der Waals surface area contributed by atoms with Crippen LogP contribution in [0.4, 0.5) is 13.2 Å². The molecule has 0 spiro atoms. The van der Waals surface area contributed by atoms with Crippen molar-refractivity contribution in [2.45, 2.75) is 20.5 Å². The monoisotopic (exact) mass is 218 g/mol. The molecule has 0 unspecified atom stereocenters. The predicted molar refractivity (Wildman–Crippen MR) is 47.8 cm³/mol. The minimum absolute atomic E-state index is 0.149. The van der Waals surface area contributed by atoms with Gasteiger partial charge in [0.05, 0.1) is 5.56 Å². The maximum absolute atomic E-state index is 13.1. The van der Waals surface area contributed by atoms with Crippen LogP contribution >= 0.6 is 0 Å². The van der Waals surface area contributed by atoms with E-state index < -0.39 is 18.2 Å². The molecule has 0 amide bonds. The lowest BCUT2D eigenvalue weighted by Crippen LogP contribution is -2.07. The molecule has 1 aromatic carbocycles. The molecule has 82 valence electrons. The fourth-order valence-electron chi connectivity index (χ4n) is 1.12. The fourth-order valence-corrected chi connectivity index (χ4v) is 1.12. The Morgan fingerprint density at radius 1 is 1.40 bits per heavy atom. The van der Waals surface area contributed by atoms with Crippen LogP contribution in [0.1, 0.15) is 22.8 Å². The van der Waals surface area contributed by atoms with E-state index in [1.165, 1.54) is 6.92 Å². The minimum atomic E-state index is -3.03. The zero-order chi connectivity index (χ0) is 11.6. The summed E-state index contributed by atoms with van der Waals surface area (Å²) in [6, 6.07) is 1.98. The summed E-state index contributed by atoms with van der Waals surface area (Å²) in [7, 11) is 0. The SMILES string of the molecule is CC(=O)c1cc(F)c(C)cc1OC(F)F. The molecule has 0 aliphatic rings. The number of alkyl halides is 2. The summed E-state index contributed by atoms with van der Waals surface area (Å²) in [6.07, 6.45) is 0. The maximum Gasteiger partial charge on any atom is 0.387 e. The van der Waals surface area contributed by atoms with Gasteiger partial charge in [0.25, 0.3) is 0 Å². The summed E-state index contributed by atoms with van der Waals surface area (Å²) < 4.78 is 41.1. The summed E-state index contributed by atoms with van der Waals surface area (Å²) >= 11 is 0. The highest BCUT2D eigenvalue weighted by Gasteiger charge is 2.15. The Hall–Kier alpha value is -1.52. The molecule has 0 aliphatic heterocycles. The van der Waals surface area contributed by atoms with Gasteiger partial charge < -0.3 is 4.74 Å². The smallest absolute Gasteiger partial charge is 0.387 e. The summed E-state index contributed by atoms with van der Waals surface area (Å²) in [5.41, 5.74) is -0.0333. The first-order valence-electron chi connectivity index (χ1n) is 4.17. The van der Waals surface area contributed by atoms with E-state index in [4.69, 9.17) is 0 Å². The number of ketones is 1. The molecule has 0 aromatic heterocycles. The van der Waals surface area contributed by atoms with Crippen molar-refractivity contribution < 1.29 is 22.7 Å². The molecule has 5 heteroatoms. The number of Topliss-reactive ketones (excluding diaryl/α,β-unsaturated/α-hetero) is 1. The Morgan fingerprint density at radius 2 is 2.00 bits per heavy atom. The Labute approximate surface area is 84.7 Å². The number of aryl methyl sites for hydroxylation is 1. The molecule has 0 aliphatic carbocycles. The zero-order valence-corrected chi connectivity index (χ0v) is 8.18. The van der Waals surface area contributed by atoms with Crippen LogP contribution in [-0.4, -0.2) is 12.4 Å². The summed E-state index contributed by atoms with van der Waals surface area (Å²) in [6.45, 7) is -0.479. The summed E-state index contributed by atoms with van der Waals surface area (Å²) in [5, 5.41) is 0. The van der Waals surface area contributed by atoms with Crippen molar-refractivity contribution in [1.82, 2.24) is 0 Å². The molecule has 0 radical (unpaired) electrons. The molecule has 1 rings (SSSR count). The Bertz CT molecular complexity index is 388. The molecule has 0 heterocycles. The van der Waals surface area contributed by atoms with Gasteiger partial charge in [0.15, 0.2) is 5.78 Å². The Morgan fingerprint density at radius 3 is 2.47 bits per heavy atom. The third kappa shape index (κ3) is 2.71. The van der Waals surface area contributed by atoms with Gasteiger partial charge in [-0.05, 0) is 31.5 Å². The number of ether oxygens (including phenoxy) is 1. The fraction of sp³-hybridized carbons (Fsp3) is 0.300. The Kier molecular flexibility index (Phi) is 3.34. The number of carbonyl (C=O) groups is 1. The van der Waals surface area contributed by atoms with Gasteiger partial charge in [0.1, 0.15) is 11.6 Å². The highest BCUT2D eigenvalue weighted by molar-refractivity contribution is 5.96. The highest BCUT2D eigenvalue weighted by atomic mass is 19.3. The number of hydrogen-bond donors (Lipinski definition) is 0. The quantitative estimate of drug-likeness (QED) is 0.729. The van der Waals surface area contributed by atoms with Gasteiger partial charge in [-0.1, -0.05) is 0 Å².